The van der Waals surface area contributed by atoms with Crippen molar-refractivity contribution in [2.24, 2.45) is 0 Å². The lowest BCUT2D eigenvalue weighted by atomic mass is 9.67. The summed E-state index contributed by atoms with van der Waals surface area (Å²) >= 11 is 0. The van der Waals surface area contributed by atoms with E-state index in [1.807, 2.05) is 0 Å². The van der Waals surface area contributed by atoms with E-state index < -0.39 is 5.41 Å². The van der Waals surface area contributed by atoms with E-state index in [1.165, 1.54) is 78.1 Å². The minimum atomic E-state index is -0.458. The van der Waals surface area contributed by atoms with Crippen LogP contribution in [0.3, 0.4) is 0 Å². The third-order valence-corrected chi connectivity index (χ3v) is 11.0. The average Bonchev–Trinajstić information content (AvgIpc) is 3.54. The molecule has 0 saturated carbocycles. The Morgan fingerprint density at radius 2 is 0.816 bits per heavy atom. The summed E-state index contributed by atoms with van der Waals surface area (Å²) in [4.78, 5) is 2.48. The molecule has 0 aromatic heterocycles. The van der Waals surface area contributed by atoms with Crippen molar-refractivity contribution in [2.45, 2.75) is 38.5 Å². The number of rotatable bonds is 5. The number of fused-ring (bicyclic) bond motifs is 6. The number of aryl methyl sites for hydroxylation is 2. The van der Waals surface area contributed by atoms with Gasteiger partial charge in [-0.15, -0.1) is 0 Å². The zero-order valence-corrected chi connectivity index (χ0v) is 28.5. The van der Waals surface area contributed by atoms with Crippen molar-refractivity contribution >= 4 is 17.1 Å². The maximum Gasteiger partial charge on any atom is 0.0714 e. The highest BCUT2D eigenvalue weighted by molar-refractivity contribution is 5.90. The monoisotopic (exact) mass is 629 g/mol. The molecule has 0 aliphatic heterocycles. The molecule has 7 aromatic carbocycles. The summed E-state index contributed by atoms with van der Waals surface area (Å²) in [5.41, 5.74) is 18.7. The SMILES string of the molecule is Cc1cc(C)cc(N(c2ccc3c(c2)C(C)(C)c2ccccc2-3)c2ccc3c(c2)C(c2ccccc2)(c2ccccc2)c2ccccc2-3)c1. The lowest BCUT2D eigenvalue weighted by Crippen LogP contribution is -2.28. The van der Waals surface area contributed by atoms with E-state index in [9.17, 15) is 0 Å². The molecule has 2 aliphatic rings. The van der Waals surface area contributed by atoms with E-state index in [-0.39, 0.29) is 5.41 Å². The number of nitrogens with zero attached hydrogens (tertiary/aromatic N) is 1. The summed E-state index contributed by atoms with van der Waals surface area (Å²) in [5.74, 6) is 0. The highest BCUT2D eigenvalue weighted by Crippen LogP contribution is 2.57. The maximum atomic E-state index is 2.48. The number of hydrogen-bond acceptors (Lipinski definition) is 1. The summed E-state index contributed by atoms with van der Waals surface area (Å²) in [6.45, 7) is 9.13. The number of hydrogen-bond donors (Lipinski definition) is 0. The van der Waals surface area contributed by atoms with E-state index >= 15 is 0 Å². The molecule has 0 amide bonds. The average molecular weight is 630 g/mol. The second-order valence-corrected chi connectivity index (χ2v) is 14.3. The smallest absolute Gasteiger partial charge is 0.0714 e. The number of anilines is 3. The molecule has 0 radical (unpaired) electrons. The summed E-state index contributed by atoms with van der Waals surface area (Å²) in [6.07, 6.45) is 0. The van der Waals surface area contributed by atoms with Gasteiger partial charge in [0.1, 0.15) is 0 Å². The molecule has 1 heteroatoms. The minimum absolute atomic E-state index is 0.0918. The van der Waals surface area contributed by atoms with Gasteiger partial charge >= 0.3 is 0 Å². The van der Waals surface area contributed by atoms with Gasteiger partial charge in [0.15, 0.2) is 0 Å². The van der Waals surface area contributed by atoms with Crippen LogP contribution in [-0.4, -0.2) is 0 Å². The topological polar surface area (TPSA) is 3.24 Å². The van der Waals surface area contributed by atoms with E-state index in [2.05, 4.69) is 196 Å². The molecular weight excluding hydrogens is 591 g/mol. The van der Waals surface area contributed by atoms with Crippen LogP contribution in [0.5, 0.6) is 0 Å². The lowest BCUT2D eigenvalue weighted by molar-refractivity contribution is 0.660. The van der Waals surface area contributed by atoms with Gasteiger partial charge < -0.3 is 4.90 Å². The van der Waals surface area contributed by atoms with Gasteiger partial charge in [-0.05, 0) is 117 Å². The third-order valence-electron chi connectivity index (χ3n) is 11.0. The van der Waals surface area contributed by atoms with Gasteiger partial charge in [0.25, 0.3) is 0 Å². The molecule has 0 unspecified atom stereocenters. The van der Waals surface area contributed by atoms with Crippen molar-refractivity contribution in [2.75, 3.05) is 4.90 Å². The predicted molar refractivity (Wildman–Crippen MR) is 205 cm³/mol. The number of benzene rings is 7. The molecule has 236 valence electrons. The molecule has 9 rings (SSSR count). The van der Waals surface area contributed by atoms with Crippen LogP contribution in [0.2, 0.25) is 0 Å². The van der Waals surface area contributed by atoms with Gasteiger partial charge in [0, 0.05) is 22.5 Å². The van der Waals surface area contributed by atoms with Gasteiger partial charge in [0.2, 0.25) is 0 Å². The van der Waals surface area contributed by atoms with E-state index in [0.717, 1.165) is 5.69 Å². The Morgan fingerprint density at radius 1 is 0.367 bits per heavy atom. The van der Waals surface area contributed by atoms with Crippen molar-refractivity contribution in [3.63, 3.8) is 0 Å². The maximum absolute atomic E-state index is 2.48. The minimum Gasteiger partial charge on any atom is -0.310 e. The van der Waals surface area contributed by atoms with Crippen molar-refractivity contribution in [3.05, 3.63) is 208 Å². The first kappa shape index (κ1) is 29.5. The molecule has 0 saturated heterocycles. The van der Waals surface area contributed by atoms with Gasteiger partial charge in [0.05, 0.1) is 5.41 Å². The molecule has 7 aromatic rings. The quantitative estimate of drug-likeness (QED) is 0.183. The molecule has 0 spiro atoms. The van der Waals surface area contributed by atoms with Crippen molar-refractivity contribution in [3.8, 4) is 22.3 Å². The molecule has 49 heavy (non-hydrogen) atoms. The Morgan fingerprint density at radius 3 is 1.41 bits per heavy atom. The third kappa shape index (κ3) is 4.32. The standard InChI is InChI=1S/C48H39N/c1-32-27-33(2)29-38(28-32)49(36-23-25-41-39-19-11-13-21-43(39)47(3,4)45(41)30-36)37-24-26-42-40-20-12-14-22-44(40)48(46(42)31-37,34-15-7-5-8-16-34)35-17-9-6-10-18-35/h5-31H,1-4H3. The van der Waals surface area contributed by atoms with Gasteiger partial charge in [-0.3, -0.25) is 0 Å². The van der Waals surface area contributed by atoms with Crippen molar-refractivity contribution in [1.82, 2.24) is 0 Å². The van der Waals surface area contributed by atoms with E-state index in [1.54, 1.807) is 0 Å². The zero-order chi connectivity index (χ0) is 33.3. The second kappa shape index (κ2) is 10.9. The summed E-state index contributed by atoms with van der Waals surface area (Å²) in [7, 11) is 0. The molecule has 1 nitrogen and oxygen atoms in total. The van der Waals surface area contributed by atoms with Crippen LogP contribution in [0.25, 0.3) is 22.3 Å². The van der Waals surface area contributed by atoms with Crippen LogP contribution in [0, 0.1) is 13.8 Å². The van der Waals surface area contributed by atoms with E-state index in [4.69, 9.17) is 0 Å². The van der Waals surface area contributed by atoms with Crippen LogP contribution < -0.4 is 4.90 Å². The van der Waals surface area contributed by atoms with Crippen LogP contribution in [0.4, 0.5) is 17.1 Å². The fraction of sp³-hybridized carbons (Fsp3) is 0.125. The molecule has 0 heterocycles. The fourth-order valence-electron chi connectivity index (χ4n) is 8.93. The molecule has 0 N–H and O–H groups in total. The summed E-state index contributed by atoms with van der Waals surface area (Å²) in [5, 5.41) is 0. The Hall–Kier alpha value is -5.66. The molecular formula is C48H39N. The first-order valence-electron chi connectivity index (χ1n) is 17.4. The van der Waals surface area contributed by atoms with Crippen LogP contribution in [0.1, 0.15) is 58.4 Å². The first-order chi connectivity index (χ1) is 23.9. The Balaban J connectivity index is 1.32. The second-order valence-electron chi connectivity index (χ2n) is 14.3. The van der Waals surface area contributed by atoms with Gasteiger partial charge in [-0.2, -0.15) is 0 Å². The highest BCUT2D eigenvalue weighted by atomic mass is 15.1. The van der Waals surface area contributed by atoms with Crippen molar-refractivity contribution < 1.29 is 0 Å². The van der Waals surface area contributed by atoms with Crippen LogP contribution in [-0.2, 0) is 10.8 Å². The molecule has 0 atom stereocenters. The lowest BCUT2D eigenvalue weighted by Gasteiger charge is -2.35. The highest BCUT2D eigenvalue weighted by Gasteiger charge is 2.46. The van der Waals surface area contributed by atoms with Crippen LogP contribution >= 0.6 is 0 Å². The first-order valence-corrected chi connectivity index (χ1v) is 17.4. The molecule has 2 aliphatic carbocycles. The Labute approximate surface area is 290 Å². The zero-order valence-electron chi connectivity index (χ0n) is 28.5. The van der Waals surface area contributed by atoms with Gasteiger partial charge in [-0.1, -0.05) is 141 Å². The molecule has 0 fully saturated rings. The van der Waals surface area contributed by atoms with Crippen molar-refractivity contribution in [1.29, 1.82) is 0 Å². The van der Waals surface area contributed by atoms with E-state index in [0.29, 0.717) is 0 Å². The fourth-order valence-corrected chi connectivity index (χ4v) is 8.93. The van der Waals surface area contributed by atoms with Gasteiger partial charge in [-0.25, -0.2) is 0 Å². The Kier molecular flexibility index (Phi) is 6.58. The normalized spacial score (nSPS) is 14.4. The molecule has 0 bridgehead atoms. The Bertz CT molecular complexity index is 2320. The largest absolute Gasteiger partial charge is 0.310 e. The summed E-state index contributed by atoms with van der Waals surface area (Å²) < 4.78 is 0. The van der Waals surface area contributed by atoms with Crippen LogP contribution in [0.15, 0.2) is 164 Å². The summed E-state index contributed by atoms with van der Waals surface area (Å²) in [6, 6.07) is 61.2. The predicted octanol–water partition coefficient (Wildman–Crippen LogP) is 12.4.